The molecule has 1 N–H and O–H groups in total. The van der Waals surface area contributed by atoms with Gasteiger partial charge in [-0.25, -0.2) is 13.1 Å². The molecule has 8 heteroatoms. The number of sulfonamides is 1. The summed E-state index contributed by atoms with van der Waals surface area (Å²) in [6.45, 7) is 2.78. The number of aryl methyl sites for hydroxylation is 1. The Hall–Kier alpha value is -2.45. The third-order valence-corrected chi connectivity index (χ3v) is 5.05. The van der Waals surface area contributed by atoms with Crippen molar-refractivity contribution >= 4 is 15.7 Å². The second-order valence-electron chi connectivity index (χ2n) is 5.72. The summed E-state index contributed by atoms with van der Waals surface area (Å²) in [6.07, 6.45) is 1.31. The Kier molecular flexibility index (Phi) is 7.11. The van der Waals surface area contributed by atoms with E-state index in [0.717, 1.165) is 11.3 Å². The van der Waals surface area contributed by atoms with Crippen molar-refractivity contribution in [2.24, 2.45) is 0 Å². The highest BCUT2D eigenvalue weighted by atomic mass is 32.2. The SMILES string of the molecule is CCOc1ccccc1CCCNS(=O)(=O)Cc1cccc([N+](=O)[O-])c1. The smallest absolute Gasteiger partial charge is 0.269 e. The van der Waals surface area contributed by atoms with E-state index in [4.69, 9.17) is 4.74 Å². The Labute approximate surface area is 153 Å². The van der Waals surface area contributed by atoms with Crippen LogP contribution in [0.3, 0.4) is 0 Å². The molecule has 0 aliphatic rings. The molecule has 0 heterocycles. The van der Waals surface area contributed by atoms with E-state index in [1.54, 1.807) is 6.07 Å². The number of nitrogens with zero attached hydrogens (tertiary/aromatic N) is 1. The molecule has 0 unspecified atom stereocenters. The van der Waals surface area contributed by atoms with Gasteiger partial charge in [-0.2, -0.15) is 0 Å². The number of non-ortho nitro benzene ring substituents is 1. The molecule has 0 atom stereocenters. The number of ether oxygens (including phenoxy) is 1. The van der Waals surface area contributed by atoms with Crippen LogP contribution in [0.2, 0.25) is 0 Å². The Morgan fingerprint density at radius 3 is 2.65 bits per heavy atom. The lowest BCUT2D eigenvalue weighted by Crippen LogP contribution is -2.26. The monoisotopic (exact) mass is 378 g/mol. The molecule has 2 rings (SSSR count). The third-order valence-electron chi connectivity index (χ3n) is 3.70. The summed E-state index contributed by atoms with van der Waals surface area (Å²) in [6, 6.07) is 13.3. The Bertz CT molecular complexity index is 852. The number of para-hydroxylation sites is 1. The van der Waals surface area contributed by atoms with Gasteiger partial charge in [0, 0.05) is 18.7 Å². The van der Waals surface area contributed by atoms with Gasteiger partial charge in [0.2, 0.25) is 10.0 Å². The summed E-state index contributed by atoms with van der Waals surface area (Å²) in [7, 11) is -3.56. The maximum absolute atomic E-state index is 12.2. The first-order valence-corrected chi connectivity index (χ1v) is 9.98. The van der Waals surface area contributed by atoms with Gasteiger partial charge in [0.1, 0.15) is 5.75 Å². The molecule has 140 valence electrons. The Morgan fingerprint density at radius 2 is 1.92 bits per heavy atom. The first kappa shape index (κ1) is 19.9. The van der Waals surface area contributed by atoms with Crippen LogP contribution in [-0.4, -0.2) is 26.5 Å². The van der Waals surface area contributed by atoms with E-state index in [-0.39, 0.29) is 18.0 Å². The minimum atomic E-state index is -3.56. The zero-order valence-corrected chi connectivity index (χ0v) is 15.4. The normalized spacial score (nSPS) is 11.3. The number of hydrogen-bond donors (Lipinski definition) is 1. The molecular weight excluding hydrogens is 356 g/mol. The van der Waals surface area contributed by atoms with Crippen LogP contribution >= 0.6 is 0 Å². The standard InChI is InChI=1S/C18H22N2O5S/c1-2-25-18-11-4-3-8-16(18)9-6-12-19-26(23,24)14-15-7-5-10-17(13-15)20(21)22/h3-5,7-8,10-11,13,19H,2,6,9,12,14H2,1H3. The summed E-state index contributed by atoms with van der Waals surface area (Å²) in [5.74, 6) is 0.527. The average molecular weight is 378 g/mol. The second kappa shape index (κ2) is 9.30. The molecule has 7 nitrogen and oxygen atoms in total. The zero-order chi connectivity index (χ0) is 19.0. The lowest BCUT2D eigenvalue weighted by atomic mass is 10.1. The van der Waals surface area contributed by atoms with Crippen LogP contribution in [0, 0.1) is 10.1 Å². The van der Waals surface area contributed by atoms with Crippen molar-refractivity contribution in [3.63, 3.8) is 0 Å². The van der Waals surface area contributed by atoms with Crippen LogP contribution < -0.4 is 9.46 Å². The highest BCUT2D eigenvalue weighted by Crippen LogP contribution is 2.19. The number of nitro groups is 1. The van der Waals surface area contributed by atoms with Crippen LogP contribution in [0.25, 0.3) is 0 Å². The van der Waals surface area contributed by atoms with Gasteiger partial charge in [0.15, 0.2) is 0 Å². The number of hydrogen-bond acceptors (Lipinski definition) is 5. The quantitative estimate of drug-likeness (QED) is 0.389. The van der Waals surface area contributed by atoms with Gasteiger partial charge in [0.05, 0.1) is 17.3 Å². The molecule has 0 fully saturated rings. The van der Waals surface area contributed by atoms with Gasteiger partial charge >= 0.3 is 0 Å². The molecule has 0 spiro atoms. The van der Waals surface area contributed by atoms with E-state index in [1.807, 2.05) is 31.2 Å². The Morgan fingerprint density at radius 1 is 1.15 bits per heavy atom. The van der Waals surface area contributed by atoms with E-state index >= 15 is 0 Å². The predicted molar refractivity (Wildman–Crippen MR) is 99.7 cm³/mol. The van der Waals surface area contributed by atoms with E-state index in [0.29, 0.717) is 25.0 Å². The van der Waals surface area contributed by atoms with Crippen LogP contribution in [0.1, 0.15) is 24.5 Å². The first-order valence-electron chi connectivity index (χ1n) is 8.32. The van der Waals surface area contributed by atoms with E-state index in [9.17, 15) is 18.5 Å². The zero-order valence-electron chi connectivity index (χ0n) is 14.6. The summed E-state index contributed by atoms with van der Waals surface area (Å²) in [4.78, 5) is 10.2. The summed E-state index contributed by atoms with van der Waals surface area (Å²) in [5, 5.41) is 10.8. The number of nitrogens with one attached hydrogen (secondary N) is 1. The van der Waals surface area contributed by atoms with Gasteiger partial charge < -0.3 is 4.74 Å². The molecule has 0 amide bonds. The summed E-state index contributed by atoms with van der Waals surface area (Å²) in [5.41, 5.74) is 1.30. The number of rotatable bonds is 10. The van der Waals surface area contributed by atoms with Crippen LogP contribution in [0.4, 0.5) is 5.69 Å². The molecule has 0 saturated heterocycles. The minimum absolute atomic E-state index is 0.120. The molecule has 26 heavy (non-hydrogen) atoms. The molecule has 0 bridgehead atoms. The van der Waals surface area contributed by atoms with Gasteiger partial charge in [-0.15, -0.1) is 0 Å². The highest BCUT2D eigenvalue weighted by molar-refractivity contribution is 7.88. The number of benzene rings is 2. The van der Waals surface area contributed by atoms with E-state index in [1.165, 1.54) is 18.2 Å². The topological polar surface area (TPSA) is 98.5 Å². The third kappa shape index (κ3) is 6.12. The largest absolute Gasteiger partial charge is 0.494 e. The Balaban J connectivity index is 1.87. The van der Waals surface area contributed by atoms with Crippen molar-refractivity contribution in [3.05, 3.63) is 69.8 Å². The maximum Gasteiger partial charge on any atom is 0.269 e. The first-order chi connectivity index (χ1) is 12.4. The van der Waals surface area contributed by atoms with Gasteiger partial charge in [0.25, 0.3) is 5.69 Å². The fraction of sp³-hybridized carbons (Fsp3) is 0.333. The maximum atomic E-state index is 12.2. The molecule has 0 aromatic heterocycles. The van der Waals surface area contributed by atoms with Crippen molar-refractivity contribution in [3.8, 4) is 5.75 Å². The highest BCUT2D eigenvalue weighted by Gasteiger charge is 2.14. The summed E-state index contributed by atoms with van der Waals surface area (Å²) >= 11 is 0. The van der Waals surface area contributed by atoms with Gasteiger partial charge in [-0.1, -0.05) is 30.3 Å². The lowest BCUT2D eigenvalue weighted by molar-refractivity contribution is -0.384. The predicted octanol–water partition coefficient (Wildman–Crippen LogP) is 3.05. The van der Waals surface area contributed by atoms with Crippen molar-refractivity contribution in [1.29, 1.82) is 0 Å². The average Bonchev–Trinajstić information content (AvgIpc) is 2.60. The van der Waals surface area contributed by atoms with Crippen LogP contribution in [-0.2, 0) is 22.2 Å². The fourth-order valence-corrected chi connectivity index (χ4v) is 3.72. The molecule has 0 aliphatic carbocycles. The molecule has 2 aromatic carbocycles. The molecular formula is C18H22N2O5S. The van der Waals surface area contributed by atoms with Gasteiger partial charge in [-0.3, -0.25) is 10.1 Å². The van der Waals surface area contributed by atoms with Crippen molar-refractivity contribution in [1.82, 2.24) is 4.72 Å². The molecule has 2 aromatic rings. The molecule has 0 saturated carbocycles. The molecule has 0 aliphatic heterocycles. The second-order valence-corrected chi connectivity index (χ2v) is 7.53. The van der Waals surface area contributed by atoms with Crippen molar-refractivity contribution in [2.75, 3.05) is 13.2 Å². The van der Waals surface area contributed by atoms with E-state index in [2.05, 4.69) is 4.72 Å². The summed E-state index contributed by atoms with van der Waals surface area (Å²) < 4.78 is 32.4. The van der Waals surface area contributed by atoms with Crippen LogP contribution in [0.5, 0.6) is 5.75 Å². The lowest BCUT2D eigenvalue weighted by Gasteiger charge is -2.10. The van der Waals surface area contributed by atoms with Crippen LogP contribution in [0.15, 0.2) is 48.5 Å². The van der Waals surface area contributed by atoms with Gasteiger partial charge in [-0.05, 0) is 37.0 Å². The minimum Gasteiger partial charge on any atom is -0.494 e. The number of nitro benzene ring substituents is 1. The fourth-order valence-electron chi connectivity index (χ4n) is 2.54. The molecule has 0 radical (unpaired) electrons. The van der Waals surface area contributed by atoms with Crippen molar-refractivity contribution in [2.45, 2.75) is 25.5 Å². The van der Waals surface area contributed by atoms with Crippen molar-refractivity contribution < 1.29 is 18.1 Å². The van der Waals surface area contributed by atoms with E-state index < -0.39 is 14.9 Å².